The summed E-state index contributed by atoms with van der Waals surface area (Å²) in [5.74, 6) is 1.11. The van der Waals surface area contributed by atoms with Crippen LogP contribution in [0.1, 0.15) is 10.4 Å². The summed E-state index contributed by atoms with van der Waals surface area (Å²) < 4.78 is 9.81. The highest BCUT2D eigenvalue weighted by Gasteiger charge is 2.30. The zero-order valence-electron chi connectivity index (χ0n) is 11.5. The highest BCUT2D eigenvalue weighted by atomic mass is 32.2. The lowest BCUT2D eigenvalue weighted by atomic mass is 10.2. The molecule has 5 nitrogen and oxygen atoms in total. The minimum absolute atomic E-state index is 0.0677. The van der Waals surface area contributed by atoms with Crippen molar-refractivity contribution in [2.75, 3.05) is 33.1 Å². The maximum Gasteiger partial charge on any atom is 0.320 e. The SMILES string of the molecule is COC(=O)[C@@H]1CN(C(=O)c2ccc(OC)cc2)CCS1. The molecule has 6 heteroatoms. The summed E-state index contributed by atoms with van der Waals surface area (Å²) in [6.07, 6.45) is 0. The smallest absolute Gasteiger partial charge is 0.320 e. The molecule has 1 fully saturated rings. The Hall–Kier alpha value is -1.69. The van der Waals surface area contributed by atoms with Crippen LogP contribution in [0.3, 0.4) is 0 Å². The quantitative estimate of drug-likeness (QED) is 0.790. The second-order valence-electron chi connectivity index (χ2n) is 4.36. The summed E-state index contributed by atoms with van der Waals surface area (Å²) in [6.45, 7) is 1.03. The summed E-state index contributed by atoms with van der Waals surface area (Å²) in [7, 11) is 2.95. The van der Waals surface area contributed by atoms with Gasteiger partial charge in [0, 0.05) is 24.4 Å². The first-order valence-electron chi connectivity index (χ1n) is 6.28. The first-order valence-corrected chi connectivity index (χ1v) is 7.33. The Morgan fingerprint density at radius 2 is 1.95 bits per heavy atom. The molecule has 1 atom stereocenters. The minimum Gasteiger partial charge on any atom is -0.497 e. The average Bonchev–Trinajstić information content (AvgIpc) is 2.53. The van der Waals surface area contributed by atoms with Crippen LogP contribution in [-0.2, 0) is 9.53 Å². The van der Waals surface area contributed by atoms with E-state index in [1.807, 2.05) is 0 Å². The molecule has 0 unspecified atom stereocenters. The lowest BCUT2D eigenvalue weighted by molar-refractivity contribution is -0.140. The van der Waals surface area contributed by atoms with E-state index in [1.54, 1.807) is 36.3 Å². The highest BCUT2D eigenvalue weighted by Crippen LogP contribution is 2.22. The van der Waals surface area contributed by atoms with Crippen LogP contribution < -0.4 is 4.74 Å². The van der Waals surface area contributed by atoms with Gasteiger partial charge in [-0.25, -0.2) is 0 Å². The Labute approximate surface area is 122 Å². The number of carbonyl (C=O) groups excluding carboxylic acids is 2. The van der Waals surface area contributed by atoms with Crippen LogP contribution in [0.4, 0.5) is 0 Å². The topological polar surface area (TPSA) is 55.8 Å². The lowest BCUT2D eigenvalue weighted by Gasteiger charge is -2.31. The van der Waals surface area contributed by atoms with Gasteiger partial charge in [0.15, 0.2) is 0 Å². The van der Waals surface area contributed by atoms with Gasteiger partial charge in [-0.05, 0) is 24.3 Å². The van der Waals surface area contributed by atoms with Crippen LogP contribution in [0, 0.1) is 0 Å². The number of hydrogen-bond donors (Lipinski definition) is 0. The zero-order chi connectivity index (χ0) is 14.5. The Morgan fingerprint density at radius 1 is 1.25 bits per heavy atom. The summed E-state index contributed by atoms with van der Waals surface area (Å²) in [5.41, 5.74) is 0.598. The molecule has 1 aromatic rings. The Bertz CT molecular complexity index is 488. The minimum atomic E-state index is -0.295. The lowest BCUT2D eigenvalue weighted by Crippen LogP contribution is -2.44. The van der Waals surface area contributed by atoms with Crippen LogP contribution in [0.5, 0.6) is 5.75 Å². The molecule has 108 valence electrons. The van der Waals surface area contributed by atoms with Crippen molar-refractivity contribution in [3.05, 3.63) is 29.8 Å². The van der Waals surface area contributed by atoms with Crippen molar-refractivity contribution in [3.8, 4) is 5.75 Å². The van der Waals surface area contributed by atoms with E-state index >= 15 is 0 Å². The Kier molecular flexibility index (Phi) is 4.89. The van der Waals surface area contributed by atoms with E-state index in [-0.39, 0.29) is 17.1 Å². The number of ether oxygens (including phenoxy) is 2. The third-order valence-electron chi connectivity index (χ3n) is 3.15. The molecule has 0 bridgehead atoms. The van der Waals surface area contributed by atoms with Crippen LogP contribution in [0.25, 0.3) is 0 Å². The number of amides is 1. The molecule has 0 N–H and O–H groups in total. The maximum absolute atomic E-state index is 12.4. The van der Waals surface area contributed by atoms with Gasteiger partial charge in [0.05, 0.1) is 14.2 Å². The van der Waals surface area contributed by atoms with E-state index in [0.29, 0.717) is 24.4 Å². The highest BCUT2D eigenvalue weighted by molar-refractivity contribution is 8.00. The molecule has 0 aliphatic carbocycles. The maximum atomic E-state index is 12.4. The third kappa shape index (κ3) is 3.25. The number of thioether (sulfide) groups is 1. The first-order chi connectivity index (χ1) is 9.65. The van der Waals surface area contributed by atoms with Crippen molar-refractivity contribution >= 4 is 23.6 Å². The van der Waals surface area contributed by atoms with Crippen LogP contribution in [0.15, 0.2) is 24.3 Å². The predicted octanol–water partition coefficient (Wildman–Crippen LogP) is 1.43. The van der Waals surface area contributed by atoms with Crippen molar-refractivity contribution in [3.63, 3.8) is 0 Å². The number of nitrogens with zero attached hydrogens (tertiary/aromatic N) is 1. The van der Waals surface area contributed by atoms with Gasteiger partial charge in [0.25, 0.3) is 5.91 Å². The summed E-state index contributed by atoms with van der Waals surface area (Å²) in [6, 6.07) is 6.97. The average molecular weight is 295 g/mol. The fourth-order valence-electron chi connectivity index (χ4n) is 2.02. The second-order valence-corrected chi connectivity index (χ2v) is 5.67. The molecule has 1 saturated heterocycles. The first kappa shape index (κ1) is 14.7. The molecular formula is C14H17NO4S. The number of carbonyl (C=O) groups is 2. The number of methoxy groups -OCH3 is 2. The molecule has 1 aliphatic heterocycles. The van der Waals surface area contributed by atoms with Crippen molar-refractivity contribution < 1.29 is 19.1 Å². The fourth-order valence-corrected chi connectivity index (χ4v) is 3.15. The fraction of sp³-hybridized carbons (Fsp3) is 0.429. The van der Waals surface area contributed by atoms with Gasteiger partial charge in [-0.2, -0.15) is 0 Å². The number of hydrogen-bond acceptors (Lipinski definition) is 5. The molecule has 20 heavy (non-hydrogen) atoms. The number of esters is 1. The molecule has 2 rings (SSSR count). The van der Waals surface area contributed by atoms with Crippen molar-refractivity contribution in [1.82, 2.24) is 4.90 Å². The van der Waals surface area contributed by atoms with E-state index in [1.165, 1.54) is 18.9 Å². The number of benzene rings is 1. The van der Waals surface area contributed by atoms with E-state index in [4.69, 9.17) is 9.47 Å². The molecular weight excluding hydrogens is 278 g/mol. The van der Waals surface area contributed by atoms with Gasteiger partial charge in [-0.1, -0.05) is 0 Å². The zero-order valence-corrected chi connectivity index (χ0v) is 12.3. The largest absolute Gasteiger partial charge is 0.497 e. The normalized spacial score (nSPS) is 18.5. The van der Waals surface area contributed by atoms with Crippen molar-refractivity contribution in [2.24, 2.45) is 0 Å². The van der Waals surface area contributed by atoms with E-state index in [0.717, 1.165) is 5.75 Å². The Balaban J connectivity index is 2.05. The van der Waals surface area contributed by atoms with Gasteiger partial charge in [-0.3, -0.25) is 9.59 Å². The molecule has 0 radical (unpaired) electrons. The van der Waals surface area contributed by atoms with Gasteiger partial charge in [0.1, 0.15) is 11.0 Å². The standard InChI is InChI=1S/C14H17NO4S/c1-18-11-5-3-10(4-6-11)13(16)15-7-8-20-12(9-15)14(17)19-2/h3-6,12H,7-9H2,1-2H3/t12-/m0/s1. The summed E-state index contributed by atoms with van der Waals surface area (Å²) in [4.78, 5) is 25.6. The van der Waals surface area contributed by atoms with Gasteiger partial charge in [0.2, 0.25) is 0 Å². The second kappa shape index (κ2) is 6.65. The third-order valence-corrected chi connectivity index (χ3v) is 4.32. The predicted molar refractivity (Wildman–Crippen MR) is 77.2 cm³/mol. The molecule has 1 aliphatic rings. The molecule has 1 aromatic carbocycles. The molecule has 0 aromatic heterocycles. The van der Waals surface area contributed by atoms with E-state index in [9.17, 15) is 9.59 Å². The molecule has 1 heterocycles. The number of rotatable bonds is 3. The van der Waals surface area contributed by atoms with Crippen LogP contribution in [0.2, 0.25) is 0 Å². The van der Waals surface area contributed by atoms with Gasteiger partial charge in [-0.15, -0.1) is 11.8 Å². The van der Waals surface area contributed by atoms with Gasteiger partial charge < -0.3 is 14.4 Å². The summed E-state index contributed by atoms with van der Waals surface area (Å²) >= 11 is 1.53. The van der Waals surface area contributed by atoms with E-state index in [2.05, 4.69) is 0 Å². The van der Waals surface area contributed by atoms with E-state index < -0.39 is 0 Å². The molecule has 1 amide bonds. The monoisotopic (exact) mass is 295 g/mol. The van der Waals surface area contributed by atoms with Gasteiger partial charge >= 0.3 is 5.97 Å². The van der Waals surface area contributed by atoms with Crippen molar-refractivity contribution in [2.45, 2.75) is 5.25 Å². The van der Waals surface area contributed by atoms with Crippen LogP contribution in [-0.4, -0.2) is 55.1 Å². The van der Waals surface area contributed by atoms with Crippen LogP contribution >= 0.6 is 11.8 Å². The molecule has 0 saturated carbocycles. The Morgan fingerprint density at radius 3 is 2.55 bits per heavy atom. The molecule has 0 spiro atoms. The summed E-state index contributed by atoms with van der Waals surface area (Å²) in [5, 5.41) is -0.295. The van der Waals surface area contributed by atoms with Crippen molar-refractivity contribution in [1.29, 1.82) is 0 Å².